The Morgan fingerprint density at radius 2 is 1.14 bits per heavy atom. The molecule has 0 unspecified atom stereocenters. The standard InChI is InChI=1S/C25H34N2S/c1-16-11-18(3)23(19(4)12-16)26-9-10-27(25(26)22(7)15-28-8)24-20(5)13-17(2)14-21(24)6/h11-15,25H,9-10H2,1-8H3. The Morgan fingerprint density at radius 3 is 1.46 bits per heavy atom. The molecule has 0 spiro atoms. The summed E-state index contributed by atoms with van der Waals surface area (Å²) in [7, 11) is 0. The lowest BCUT2D eigenvalue weighted by Crippen LogP contribution is -2.41. The van der Waals surface area contributed by atoms with E-state index >= 15 is 0 Å². The summed E-state index contributed by atoms with van der Waals surface area (Å²) < 4.78 is 0. The van der Waals surface area contributed by atoms with E-state index in [-0.39, 0.29) is 6.17 Å². The van der Waals surface area contributed by atoms with Crippen molar-refractivity contribution in [2.75, 3.05) is 29.1 Å². The second-order valence-electron chi connectivity index (χ2n) is 8.35. The van der Waals surface area contributed by atoms with Crippen LogP contribution in [0.25, 0.3) is 0 Å². The minimum absolute atomic E-state index is 0.257. The highest BCUT2D eigenvalue weighted by Gasteiger charge is 2.36. The van der Waals surface area contributed by atoms with Crippen LogP contribution in [-0.2, 0) is 0 Å². The Kier molecular flexibility index (Phi) is 6.14. The van der Waals surface area contributed by atoms with Crippen LogP contribution >= 0.6 is 11.8 Å². The average Bonchev–Trinajstić information content (AvgIpc) is 2.97. The molecular formula is C25H34N2S. The van der Waals surface area contributed by atoms with Crippen LogP contribution in [0, 0.1) is 41.5 Å². The van der Waals surface area contributed by atoms with E-state index in [0.717, 1.165) is 13.1 Å². The highest BCUT2D eigenvalue weighted by atomic mass is 32.2. The van der Waals surface area contributed by atoms with Crippen molar-refractivity contribution in [1.29, 1.82) is 0 Å². The first-order valence-corrected chi connectivity index (χ1v) is 11.4. The molecule has 0 bridgehead atoms. The summed E-state index contributed by atoms with van der Waals surface area (Å²) >= 11 is 1.80. The molecule has 3 rings (SSSR count). The van der Waals surface area contributed by atoms with Crippen LogP contribution in [0.3, 0.4) is 0 Å². The predicted octanol–water partition coefficient (Wildman–Crippen LogP) is 6.46. The third-order valence-electron chi connectivity index (χ3n) is 5.73. The quantitative estimate of drug-likeness (QED) is 0.588. The average molecular weight is 395 g/mol. The van der Waals surface area contributed by atoms with Crippen LogP contribution in [-0.4, -0.2) is 25.5 Å². The van der Waals surface area contributed by atoms with Gasteiger partial charge in [-0.1, -0.05) is 35.4 Å². The third-order valence-corrected chi connectivity index (χ3v) is 6.34. The van der Waals surface area contributed by atoms with Crippen molar-refractivity contribution < 1.29 is 0 Å². The van der Waals surface area contributed by atoms with E-state index in [1.165, 1.54) is 50.3 Å². The van der Waals surface area contributed by atoms with Gasteiger partial charge in [0, 0.05) is 24.5 Å². The van der Waals surface area contributed by atoms with Gasteiger partial charge in [0.2, 0.25) is 0 Å². The number of nitrogens with zero attached hydrogens (tertiary/aromatic N) is 2. The van der Waals surface area contributed by atoms with E-state index in [9.17, 15) is 0 Å². The molecule has 1 aliphatic rings. The zero-order chi connectivity index (χ0) is 20.6. The Hall–Kier alpha value is -1.87. The fourth-order valence-corrected chi connectivity index (χ4v) is 5.58. The highest BCUT2D eigenvalue weighted by molar-refractivity contribution is 8.01. The van der Waals surface area contributed by atoms with Gasteiger partial charge < -0.3 is 9.80 Å². The molecule has 1 aliphatic heterocycles. The minimum atomic E-state index is 0.257. The van der Waals surface area contributed by atoms with Crippen LogP contribution in [0.2, 0.25) is 0 Å². The fraction of sp³-hybridized carbons (Fsp3) is 0.440. The van der Waals surface area contributed by atoms with E-state index in [1.807, 2.05) is 0 Å². The minimum Gasteiger partial charge on any atom is -0.345 e. The van der Waals surface area contributed by atoms with Crippen molar-refractivity contribution in [2.45, 2.75) is 54.6 Å². The first kappa shape index (κ1) is 20.9. The van der Waals surface area contributed by atoms with Gasteiger partial charge in [0.15, 0.2) is 0 Å². The molecule has 0 atom stereocenters. The van der Waals surface area contributed by atoms with Crippen molar-refractivity contribution in [1.82, 2.24) is 0 Å². The molecule has 1 heterocycles. The molecule has 0 amide bonds. The second kappa shape index (κ2) is 8.24. The van der Waals surface area contributed by atoms with Crippen molar-refractivity contribution in [2.24, 2.45) is 0 Å². The topological polar surface area (TPSA) is 6.48 Å². The summed E-state index contributed by atoms with van der Waals surface area (Å²) in [5.41, 5.74) is 12.4. The van der Waals surface area contributed by atoms with Gasteiger partial charge in [-0.2, -0.15) is 0 Å². The maximum atomic E-state index is 2.62. The lowest BCUT2D eigenvalue weighted by atomic mass is 10.0. The first-order valence-electron chi connectivity index (χ1n) is 10.1. The van der Waals surface area contributed by atoms with Gasteiger partial charge in [0.25, 0.3) is 0 Å². The second-order valence-corrected chi connectivity index (χ2v) is 9.06. The van der Waals surface area contributed by atoms with Gasteiger partial charge in [-0.15, -0.1) is 11.8 Å². The molecule has 1 saturated heterocycles. The molecule has 0 radical (unpaired) electrons. The maximum Gasteiger partial charge on any atom is 0.125 e. The van der Waals surface area contributed by atoms with Crippen LogP contribution in [0.1, 0.15) is 40.3 Å². The lowest BCUT2D eigenvalue weighted by molar-refractivity contribution is 0.751. The fourth-order valence-electron chi connectivity index (χ4n) is 5.09. The smallest absolute Gasteiger partial charge is 0.125 e. The van der Waals surface area contributed by atoms with Crippen molar-refractivity contribution in [3.8, 4) is 0 Å². The number of rotatable bonds is 4. The Balaban J connectivity index is 2.14. The van der Waals surface area contributed by atoms with E-state index in [2.05, 4.69) is 94.2 Å². The Morgan fingerprint density at radius 1 is 0.786 bits per heavy atom. The molecule has 2 aromatic carbocycles. The lowest BCUT2D eigenvalue weighted by Gasteiger charge is -2.36. The number of anilines is 2. The summed E-state index contributed by atoms with van der Waals surface area (Å²) in [4.78, 5) is 5.23. The molecule has 2 nitrogen and oxygen atoms in total. The van der Waals surface area contributed by atoms with E-state index < -0.39 is 0 Å². The summed E-state index contributed by atoms with van der Waals surface area (Å²) in [6, 6.07) is 9.27. The molecule has 28 heavy (non-hydrogen) atoms. The molecule has 0 saturated carbocycles. The molecular weight excluding hydrogens is 360 g/mol. The largest absolute Gasteiger partial charge is 0.345 e. The van der Waals surface area contributed by atoms with Gasteiger partial charge >= 0.3 is 0 Å². The monoisotopic (exact) mass is 394 g/mol. The molecule has 0 N–H and O–H groups in total. The zero-order valence-corrected chi connectivity index (χ0v) is 19.5. The van der Waals surface area contributed by atoms with E-state index in [0.29, 0.717) is 0 Å². The Labute approximate surface area is 175 Å². The molecule has 0 aromatic heterocycles. The number of aryl methyl sites for hydroxylation is 6. The van der Waals surface area contributed by atoms with Crippen molar-refractivity contribution in [3.05, 3.63) is 68.6 Å². The Bertz CT molecular complexity index is 801. The van der Waals surface area contributed by atoms with Crippen LogP contribution in [0.15, 0.2) is 35.2 Å². The normalized spacial score (nSPS) is 15.6. The summed E-state index contributed by atoms with van der Waals surface area (Å²) in [5.74, 6) is 0. The number of thioether (sulfide) groups is 1. The number of benzene rings is 2. The van der Waals surface area contributed by atoms with E-state index in [4.69, 9.17) is 0 Å². The van der Waals surface area contributed by atoms with Crippen LogP contribution in [0.4, 0.5) is 11.4 Å². The highest BCUT2D eigenvalue weighted by Crippen LogP contribution is 2.38. The van der Waals surface area contributed by atoms with Crippen molar-refractivity contribution >= 4 is 23.1 Å². The van der Waals surface area contributed by atoms with Crippen LogP contribution < -0.4 is 9.80 Å². The predicted molar refractivity (Wildman–Crippen MR) is 127 cm³/mol. The molecule has 1 fully saturated rings. The maximum absolute atomic E-state index is 2.62. The van der Waals surface area contributed by atoms with E-state index in [1.54, 1.807) is 11.8 Å². The zero-order valence-electron chi connectivity index (χ0n) is 18.7. The van der Waals surface area contributed by atoms with Crippen LogP contribution in [0.5, 0.6) is 0 Å². The summed E-state index contributed by atoms with van der Waals surface area (Å²) in [6.07, 6.45) is 2.41. The van der Waals surface area contributed by atoms with Gasteiger partial charge in [0.05, 0.1) is 0 Å². The summed E-state index contributed by atoms with van der Waals surface area (Å²) in [6.45, 7) is 17.8. The molecule has 0 aliphatic carbocycles. The summed E-state index contributed by atoms with van der Waals surface area (Å²) in [5, 5.41) is 2.31. The van der Waals surface area contributed by atoms with Gasteiger partial charge in [0.1, 0.15) is 6.17 Å². The van der Waals surface area contributed by atoms with Gasteiger partial charge in [-0.05, 0) is 88.0 Å². The molecule has 2 aromatic rings. The van der Waals surface area contributed by atoms with Gasteiger partial charge in [-0.25, -0.2) is 0 Å². The third kappa shape index (κ3) is 3.82. The molecule has 150 valence electrons. The molecule has 3 heteroatoms. The van der Waals surface area contributed by atoms with Crippen molar-refractivity contribution in [3.63, 3.8) is 0 Å². The van der Waals surface area contributed by atoms with Gasteiger partial charge in [-0.3, -0.25) is 0 Å². The SMILES string of the molecule is CSC=C(C)C1N(c2c(C)cc(C)cc2C)CCN1c1c(C)cc(C)cc1C. The number of hydrogen-bond acceptors (Lipinski definition) is 3. The number of hydrogen-bond donors (Lipinski definition) is 0. The first-order chi connectivity index (χ1) is 13.2.